The van der Waals surface area contributed by atoms with Gasteiger partial charge in [-0.15, -0.1) is 0 Å². The third-order valence-electron chi connectivity index (χ3n) is 10.0. The number of hydrogen-bond donors (Lipinski definition) is 2. The third kappa shape index (κ3) is 4.52. The van der Waals surface area contributed by atoms with Gasteiger partial charge >= 0.3 is 12.1 Å². The Morgan fingerprint density at radius 1 is 1.09 bits per heavy atom. The third-order valence-corrected chi connectivity index (χ3v) is 10.0. The maximum atomic E-state index is 13.6. The van der Waals surface area contributed by atoms with Crippen molar-refractivity contribution in [3.63, 3.8) is 0 Å². The Kier molecular flexibility index (Phi) is 7.22. The van der Waals surface area contributed by atoms with E-state index in [0.717, 1.165) is 42.4 Å². The summed E-state index contributed by atoms with van der Waals surface area (Å²) in [6, 6.07) is 7.50. The number of fused-ring (bicyclic) bond motifs is 5. The van der Waals surface area contributed by atoms with E-state index in [-0.39, 0.29) is 30.2 Å². The Labute approximate surface area is 255 Å². The van der Waals surface area contributed by atoms with Gasteiger partial charge in [0.25, 0.3) is 5.56 Å². The molecule has 7 rings (SSSR count). The lowest BCUT2D eigenvalue weighted by molar-refractivity contribution is -0.199. The number of carbonyl (C=O) groups excluding carboxylic acids is 2. The van der Waals surface area contributed by atoms with Gasteiger partial charge in [-0.05, 0) is 81.4 Å². The van der Waals surface area contributed by atoms with Gasteiger partial charge in [0.2, 0.25) is 6.29 Å². The molecule has 0 saturated carbocycles. The summed E-state index contributed by atoms with van der Waals surface area (Å²) in [7, 11) is 0. The van der Waals surface area contributed by atoms with Crippen LogP contribution in [0.3, 0.4) is 0 Å². The molecular weight excluding hydrogens is 571 g/mol. The van der Waals surface area contributed by atoms with E-state index >= 15 is 0 Å². The van der Waals surface area contributed by atoms with Crippen LogP contribution >= 0.6 is 0 Å². The number of amides is 1. The Balaban J connectivity index is 1.18. The van der Waals surface area contributed by atoms with Crippen LogP contribution in [0.15, 0.2) is 29.1 Å². The van der Waals surface area contributed by atoms with Crippen LogP contribution < -0.4 is 10.3 Å². The van der Waals surface area contributed by atoms with Crippen LogP contribution in [0.4, 0.5) is 4.79 Å². The maximum Gasteiger partial charge on any atom is 0.415 e. The van der Waals surface area contributed by atoms with E-state index in [1.54, 1.807) is 24.0 Å². The lowest BCUT2D eigenvalue weighted by Gasteiger charge is -2.39. The predicted octanol–water partition coefficient (Wildman–Crippen LogP) is 3.58. The molecule has 11 heteroatoms. The SMILES string of the molecule is CCc1c2c(n[13c]3[13cH][13cH][13c](OC(=O)[15N]4CCC(N5CCCCC5)CC4)[13cH][13c]13)-c1cc3c(c(=O)n1C2)C(O)OC(=O)[C@]3(O)CC. The van der Waals surface area contributed by atoms with Crippen molar-refractivity contribution in [2.75, 3.05) is 26.2 Å². The smallest absolute Gasteiger partial charge is 0.415 e. The molecule has 1 unspecified atom stereocenters. The molecule has 1 aromatic carbocycles. The van der Waals surface area contributed by atoms with Crippen LogP contribution in [0.5, 0.6) is 5.75 Å². The fraction of sp³-hybridized carbons (Fsp3) is 0.515. The standard InChI is InChI=1S/C33H38N4O7/c1-3-21-22-16-20(43-32(41)36-14-10-19(11-15-36)35-12-6-5-7-13-35)8-9-25(22)34-28-23(21)18-37-26(28)17-24-27(29(37)38)30(39)44-31(40)33(24,42)4-2/h8-9,16-17,19,30,39,42H,3-7,10-15,18H2,1-2H3/t30?,33-/m0/s1/i8+1,9+1,16+1,20+1,22+1,25+1,36+1. The molecule has 3 aromatic rings. The van der Waals surface area contributed by atoms with Gasteiger partial charge in [-0.2, -0.15) is 0 Å². The van der Waals surface area contributed by atoms with Gasteiger partial charge in [-0.3, -0.25) is 4.79 Å². The van der Waals surface area contributed by atoms with Crippen molar-refractivity contribution in [3.05, 3.63) is 56.9 Å². The van der Waals surface area contributed by atoms with Gasteiger partial charge in [-0.1, -0.05) is 20.3 Å². The van der Waals surface area contributed by atoms with Gasteiger partial charge in [0.05, 0.1) is 29.0 Å². The molecule has 2 fully saturated rings. The number of ether oxygens (including phenoxy) is 2. The number of piperidine rings is 2. The molecule has 11 nitrogen and oxygen atoms in total. The Morgan fingerprint density at radius 3 is 2.55 bits per heavy atom. The summed E-state index contributed by atoms with van der Waals surface area (Å²) >= 11 is 0. The van der Waals surface area contributed by atoms with Gasteiger partial charge in [0.15, 0.2) is 5.60 Å². The van der Waals surface area contributed by atoms with Crippen molar-refractivity contribution in [2.24, 2.45) is 0 Å². The van der Waals surface area contributed by atoms with Gasteiger partial charge in [-0.25, -0.2) is 14.6 Å². The Bertz CT molecular complexity index is 1720. The summed E-state index contributed by atoms with van der Waals surface area (Å²) in [6.07, 6.45) is 4.24. The van der Waals surface area contributed by atoms with Crippen molar-refractivity contribution < 1.29 is 29.3 Å². The van der Waals surface area contributed by atoms with Crippen LogP contribution in [0, 0.1) is 0 Å². The average molecular weight is 610 g/mol. The molecule has 4 aliphatic rings. The molecule has 2 N–H and O–H groups in total. The van der Waals surface area contributed by atoms with E-state index in [1.165, 1.54) is 23.8 Å². The minimum Gasteiger partial charge on any atom is -0.429 e. The first kappa shape index (κ1) is 28.9. The molecule has 4 aliphatic heterocycles. The molecule has 0 radical (unpaired) electrons. The first-order valence-electron chi connectivity index (χ1n) is 15.8. The van der Waals surface area contributed by atoms with Gasteiger partial charge in [0, 0.05) is 35.6 Å². The summed E-state index contributed by atoms with van der Waals surface area (Å²) in [5, 5.41) is 22.5. The molecule has 0 spiro atoms. The monoisotopic (exact) mass is 609 g/mol. The molecule has 2 aromatic heterocycles. The number of likely N-dealkylation sites (tertiary alicyclic amines) is 2. The number of rotatable bonds is 4. The molecular formula is C33H38N4O7. The highest BCUT2D eigenvalue weighted by Gasteiger charge is 2.48. The minimum absolute atomic E-state index is 0.0232. The van der Waals surface area contributed by atoms with Crippen LogP contribution in [-0.4, -0.2) is 73.8 Å². The van der Waals surface area contributed by atoms with E-state index < -0.39 is 23.4 Å². The molecule has 2 atom stereocenters. The van der Waals surface area contributed by atoms with Crippen molar-refractivity contribution in [1.29, 1.82) is 0 Å². The molecule has 0 aliphatic carbocycles. The molecule has 44 heavy (non-hydrogen) atoms. The van der Waals surface area contributed by atoms with Crippen molar-refractivity contribution in [2.45, 2.75) is 83.3 Å². The Morgan fingerprint density at radius 2 is 1.84 bits per heavy atom. The fourth-order valence-corrected chi connectivity index (χ4v) is 7.52. The summed E-state index contributed by atoms with van der Waals surface area (Å²) in [5.41, 5.74) is 0.864. The molecule has 6 heterocycles. The second-order valence-corrected chi connectivity index (χ2v) is 12.4. The average Bonchev–Trinajstić information content (AvgIpc) is 3.41. The lowest BCUT2D eigenvalue weighted by atomic mass is 9.85. The number of aromatic nitrogens is 2. The second kappa shape index (κ2) is 11.0. The number of aliphatic hydroxyl groups is 2. The molecule has 1 amide bonds. The highest BCUT2D eigenvalue weighted by atomic mass is 16.6. The number of aliphatic hydroxyl groups excluding tert-OH is 1. The molecule has 2 saturated heterocycles. The highest BCUT2D eigenvalue weighted by Crippen LogP contribution is 2.42. The first-order chi connectivity index (χ1) is 21.2. The number of carbonyl (C=O) groups is 2. The summed E-state index contributed by atoms with van der Waals surface area (Å²) in [5.74, 6) is -0.552. The summed E-state index contributed by atoms with van der Waals surface area (Å²) < 4.78 is 12.3. The topological polar surface area (TPSA) is 134 Å². The van der Waals surface area contributed by atoms with Gasteiger partial charge in [0.1, 0.15) is 5.75 Å². The minimum atomic E-state index is -2.04. The quantitative estimate of drug-likeness (QED) is 0.263. The number of cyclic esters (lactones) is 1. The van der Waals surface area contributed by atoms with Gasteiger partial charge < -0.3 is 34.1 Å². The number of benzene rings is 1. The second-order valence-electron chi connectivity index (χ2n) is 12.4. The van der Waals surface area contributed by atoms with E-state index in [1.807, 2.05) is 19.1 Å². The number of pyridine rings is 2. The summed E-state index contributed by atoms with van der Waals surface area (Å²) in [6.45, 7) is 7.51. The van der Waals surface area contributed by atoms with Crippen molar-refractivity contribution in [3.8, 4) is 17.1 Å². The number of hydrogen-bond acceptors (Lipinski definition) is 9. The zero-order chi connectivity index (χ0) is 30.7. The zero-order valence-corrected chi connectivity index (χ0v) is 25.2. The number of aryl methyl sites for hydroxylation is 1. The van der Waals surface area contributed by atoms with Crippen molar-refractivity contribution in [1.82, 2.24) is 19.4 Å². The lowest BCUT2D eigenvalue weighted by Crippen LogP contribution is -2.48. The van der Waals surface area contributed by atoms with E-state index in [2.05, 4.69) is 4.90 Å². The van der Waals surface area contributed by atoms with Crippen LogP contribution in [-0.2, 0) is 28.1 Å². The number of esters is 1. The normalized spacial score (nSPS) is 23.7. The Hall–Kier alpha value is -3.80. The van der Waals surface area contributed by atoms with Crippen molar-refractivity contribution >= 4 is 23.0 Å². The number of nitrogens with zero attached hydrogens (tertiary/aromatic N) is 4. The first-order valence-corrected chi connectivity index (χ1v) is 15.8. The predicted molar refractivity (Wildman–Crippen MR) is 161 cm³/mol. The fourth-order valence-electron chi connectivity index (χ4n) is 7.52. The zero-order valence-electron chi connectivity index (χ0n) is 25.2. The highest BCUT2D eigenvalue weighted by molar-refractivity contribution is 5.90. The van der Waals surface area contributed by atoms with E-state index in [9.17, 15) is 24.6 Å². The molecule has 0 bridgehead atoms. The maximum absolute atomic E-state index is 13.6. The van der Waals surface area contributed by atoms with E-state index in [0.29, 0.717) is 48.2 Å². The van der Waals surface area contributed by atoms with Crippen LogP contribution in [0.25, 0.3) is 22.3 Å². The van der Waals surface area contributed by atoms with Crippen LogP contribution in [0.2, 0.25) is 0 Å². The van der Waals surface area contributed by atoms with Crippen LogP contribution in [0.1, 0.15) is 80.9 Å². The summed E-state index contributed by atoms with van der Waals surface area (Å²) in [4.78, 5) is 48.6. The molecule has 232 valence electrons. The largest absolute Gasteiger partial charge is 0.429 e. The van der Waals surface area contributed by atoms with E-state index in [4.69, 9.17) is 14.5 Å².